The molecule has 1 aliphatic heterocycles. The number of hydrogen-bond donors (Lipinski definition) is 0. The molecule has 4 nitrogen and oxygen atoms in total. The van der Waals surface area contributed by atoms with Crippen LogP contribution in [0.4, 0.5) is 5.69 Å². The summed E-state index contributed by atoms with van der Waals surface area (Å²) in [4.78, 5) is 25.2. The Bertz CT molecular complexity index is 458. The van der Waals surface area contributed by atoms with Crippen LogP contribution >= 0.6 is 11.6 Å². The number of halogens is 1. The number of carbonyl (C=O) groups excluding carboxylic acids is 2. The molecule has 1 fully saturated rings. The van der Waals surface area contributed by atoms with E-state index in [9.17, 15) is 9.59 Å². The number of carbonyl (C=O) groups is 2. The number of rotatable bonds is 2. The fraction of sp³-hybridized carbons (Fsp3) is 0.385. The first-order chi connectivity index (χ1) is 8.63. The van der Waals surface area contributed by atoms with Crippen LogP contribution in [0.5, 0.6) is 0 Å². The highest BCUT2D eigenvalue weighted by Gasteiger charge is 2.34. The minimum Gasteiger partial charge on any atom is -0.467 e. The Morgan fingerprint density at radius 3 is 2.67 bits per heavy atom. The van der Waals surface area contributed by atoms with Crippen molar-refractivity contribution < 1.29 is 14.3 Å². The lowest BCUT2D eigenvalue weighted by Gasteiger charge is -2.33. The number of amides is 1. The van der Waals surface area contributed by atoms with E-state index >= 15 is 0 Å². The molecule has 0 N–H and O–H groups in total. The SMILES string of the molecule is COC(=O)C1CCCC(=O)N1c1ccc(Cl)cc1. The Hall–Kier alpha value is -1.55. The van der Waals surface area contributed by atoms with Gasteiger partial charge < -0.3 is 4.74 Å². The zero-order valence-electron chi connectivity index (χ0n) is 10.1. The van der Waals surface area contributed by atoms with E-state index in [1.807, 2.05) is 0 Å². The molecule has 0 saturated carbocycles. The third-order valence-corrected chi connectivity index (χ3v) is 3.28. The maximum atomic E-state index is 12.0. The number of anilines is 1. The molecule has 1 amide bonds. The number of hydrogen-bond acceptors (Lipinski definition) is 3. The van der Waals surface area contributed by atoms with E-state index in [0.29, 0.717) is 30.0 Å². The first-order valence-electron chi connectivity index (χ1n) is 5.79. The van der Waals surface area contributed by atoms with Crippen LogP contribution in [-0.4, -0.2) is 25.0 Å². The van der Waals surface area contributed by atoms with E-state index in [1.54, 1.807) is 24.3 Å². The standard InChI is InChI=1S/C13H14ClNO3/c1-18-13(17)11-3-2-4-12(16)15(11)10-7-5-9(14)6-8-10/h5-8,11H,2-4H2,1H3. The van der Waals surface area contributed by atoms with Crippen molar-refractivity contribution in [2.45, 2.75) is 25.3 Å². The quantitative estimate of drug-likeness (QED) is 0.773. The highest BCUT2D eigenvalue weighted by molar-refractivity contribution is 6.30. The fourth-order valence-corrected chi connectivity index (χ4v) is 2.28. The normalized spacial score (nSPS) is 19.8. The Kier molecular flexibility index (Phi) is 3.87. The molecule has 2 rings (SSSR count). The second-order valence-corrected chi connectivity index (χ2v) is 4.61. The molecule has 96 valence electrons. The van der Waals surface area contributed by atoms with Gasteiger partial charge in [0.1, 0.15) is 6.04 Å². The number of nitrogens with zero attached hydrogens (tertiary/aromatic N) is 1. The zero-order chi connectivity index (χ0) is 13.1. The molecule has 1 atom stereocenters. The van der Waals surface area contributed by atoms with Crippen LogP contribution in [-0.2, 0) is 14.3 Å². The summed E-state index contributed by atoms with van der Waals surface area (Å²) < 4.78 is 4.75. The van der Waals surface area contributed by atoms with Crippen LogP contribution in [0.2, 0.25) is 5.02 Å². The van der Waals surface area contributed by atoms with Crippen LogP contribution < -0.4 is 4.90 Å². The summed E-state index contributed by atoms with van der Waals surface area (Å²) in [7, 11) is 1.33. The van der Waals surface area contributed by atoms with E-state index in [4.69, 9.17) is 16.3 Å². The zero-order valence-corrected chi connectivity index (χ0v) is 10.8. The molecular weight excluding hydrogens is 254 g/mol. The molecule has 1 heterocycles. The predicted molar refractivity (Wildman–Crippen MR) is 68.6 cm³/mol. The van der Waals surface area contributed by atoms with Gasteiger partial charge in [-0.2, -0.15) is 0 Å². The van der Waals surface area contributed by atoms with Crippen LogP contribution in [0, 0.1) is 0 Å². The molecule has 0 aromatic heterocycles. The molecule has 18 heavy (non-hydrogen) atoms. The van der Waals surface area contributed by atoms with Crippen LogP contribution in [0.25, 0.3) is 0 Å². The van der Waals surface area contributed by atoms with E-state index in [-0.39, 0.29) is 11.9 Å². The maximum Gasteiger partial charge on any atom is 0.328 e. The Balaban J connectivity index is 2.32. The highest BCUT2D eigenvalue weighted by Crippen LogP contribution is 2.27. The van der Waals surface area contributed by atoms with Crippen molar-refractivity contribution in [1.82, 2.24) is 0 Å². The first kappa shape index (κ1) is 12.9. The number of esters is 1. The van der Waals surface area contributed by atoms with Crippen molar-refractivity contribution in [2.75, 3.05) is 12.0 Å². The van der Waals surface area contributed by atoms with Gasteiger partial charge in [-0.15, -0.1) is 0 Å². The van der Waals surface area contributed by atoms with Gasteiger partial charge in [0.25, 0.3) is 0 Å². The molecule has 0 radical (unpaired) electrons. The highest BCUT2D eigenvalue weighted by atomic mass is 35.5. The van der Waals surface area contributed by atoms with Crippen LogP contribution in [0.1, 0.15) is 19.3 Å². The summed E-state index contributed by atoms with van der Waals surface area (Å²) in [5.41, 5.74) is 0.680. The Morgan fingerprint density at radius 2 is 2.06 bits per heavy atom. The van der Waals surface area contributed by atoms with Crippen molar-refractivity contribution >= 4 is 29.2 Å². The second-order valence-electron chi connectivity index (χ2n) is 4.17. The molecule has 5 heteroatoms. The van der Waals surface area contributed by atoms with E-state index in [2.05, 4.69) is 0 Å². The number of piperidine rings is 1. The molecule has 0 aliphatic carbocycles. The summed E-state index contributed by atoms with van der Waals surface area (Å²) in [6.07, 6.45) is 1.79. The lowest BCUT2D eigenvalue weighted by molar-refractivity contribution is -0.144. The van der Waals surface area contributed by atoms with Crippen molar-refractivity contribution in [1.29, 1.82) is 0 Å². The molecule has 1 unspecified atom stereocenters. The monoisotopic (exact) mass is 267 g/mol. The molecule has 0 bridgehead atoms. The van der Waals surface area contributed by atoms with Gasteiger partial charge in [-0.1, -0.05) is 11.6 Å². The molecule has 0 spiro atoms. The molecule has 1 saturated heterocycles. The van der Waals surface area contributed by atoms with Gasteiger partial charge in [-0.3, -0.25) is 9.69 Å². The van der Waals surface area contributed by atoms with Gasteiger partial charge in [-0.05, 0) is 37.1 Å². The van der Waals surface area contributed by atoms with Gasteiger partial charge in [0.05, 0.1) is 7.11 Å². The summed E-state index contributed by atoms with van der Waals surface area (Å²) >= 11 is 5.82. The van der Waals surface area contributed by atoms with Crippen molar-refractivity contribution in [3.05, 3.63) is 29.3 Å². The van der Waals surface area contributed by atoms with Crippen molar-refractivity contribution in [2.24, 2.45) is 0 Å². The van der Waals surface area contributed by atoms with Crippen molar-refractivity contribution in [3.8, 4) is 0 Å². The lowest BCUT2D eigenvalue weighted by atomic mass is 10.0. The van der Waals surface area contributed by atoms with E-state index in [0.717, 1.165) is 0 Å². The van der Waals surface area contributed by atoms with Crippen LogP contribution in [0.3, 0.4) is 0 Å². The van der Waals surface area contributed by atoms with Gasteiger partial charge in [0.15, 0.2) is 0 Å². The predicted octanol–water partition coefficient (Wildman–Crippen LogP) is 2.40. The molecule has 1 aliphatic rings. The number of ether oxygens (including phenoxy) is 1. The molecule has 1 aromatic rings. The third-order valence-electron chi connectivity index (χ3n) is 3.03. The lowest BCUT2D eigenvalue weighted by Crippen LogP contribution is -2.48. The van der Waals surface area contributed by atoms with Gasteiger partial charge in [0, 0.05) is 17.1 Å². The average molecular weight is 268 g/mol. The van der Waals surface area contributed by atoms with Gasteiger partial charge in [0.2, 0.25) is 5.91 Å². The Labute approximate surface area is 110 Å². The number of methoxy groups -OCH3 is 1. The van der Waals surface area contributed by atoms with Crippen molar-refractivity contribution in [3.63, 3.8) is 0 Å². The molecular formula is C13H14ClNO3. The summed E-state index contributed by atoms with van der Waals surface area (Å²) in [5, 5.41) is 0.595. The minimum atomic E-state index is -0.530. The van der Waals surface area contributed by atoms with E-state index < -0.39 is 6.04 Å². The summed E-state index contributed by atoms with van der Waals surface area (Å²) in [6, 6.07) is 6.35. The minimum absolute atomic E-state index is 0.0565. The maximum absolute atomic E-state index is 12.0. The second kappa shape index (κ2) is 5.40. The topological polar surface area (TPSA) is 46.6 Å². The number of benzene rings is 1. The van der Waals surface area contributed by atoms with Gasteiger partial charge >= 0.3 is 5.97 Å². The Morgan fingerprint density at radius 1 is 1.39 bits per heavy atom. The average Bonchev–Trinajstić information content (AvgIpc) is 2.39. The van der Waals surface area contributed by atoms with E-state index in [1.165, 1.54) is 12.0 Å². The summed E-state index contributed by atoms with van der Waals surface area (Å²) in [5.74, 6) is -0.433. The van der Waals surface area contributed by atoms with Gasteiger partial charge in [-0.25, -0.2) is 4.79 Å². The van der Waals surface area contributed by atoms with Crippen LogP contribution in [0.15, 0.2) is 24.3 Å². The fourth-order valence-electron chi connectivity index (χ4n) is 2.15. The largest absolute Gasteiger partial charge is 0.467 e. The molecule has 1 aromatic carbocycles. The summed E-state index contributed by atoms with van der Waals surface area (Å²) in [6.45, 7) is 0. The smallest absolute Gasteiger partial charge is 0.328 e. The third kappa shape index (κ3) is 2.48. The first-order valence-corrected chi connectivity index (χ1v) is 6.16.